The Morgan fingerprint density at radius 2 is 1.81 bits per heavy atom. The van der Waals surface area contributed by atoms with Crippen LogP contribution in [0, 0.1) is 5.92 Å². The van der Waals surface area contributed by atoms with Gasteiger partial charge in [0.1, 0.15) is 0 Å². The summed E-state index contributed by atoms with van der Waals surface area (Å²) >= 11 is 0. The zero-order chi connectivity index (χ0) is 21.6. The van der Waals surface area contributed by atoms with E-state index in [4.69, 9.17) is 0 Å². The molecule has 1 aromatic heterocycles. The highest BCUT2D eigenvalue weighted by atomic mass is 16.2. The zero-order valence-electron chi connectivity index (χ0n) is 19.1. The zero-order valence-corrected chi connectivity index (χ0v) is 19.1. The van der Waals surface area contributed by atoms with E-state index in [2.05, 4.69) is 26.6 Å². The summed E-state index contributed by atoms with van der Waals surface area (Å²) in [6.45, 7) is 7.64. The Bertz CT molecular complexity index is 751. The van der Waals surface area contributed by atoms with Gasteiger partial charge >= 0.3 is 0 Å². The molecule has 0 atom stereocenters. The third-order valence-electron chi connectivity index (χ3n) is 7.19. The molecule has 172 valence electrons. The van der Waals surface area contributed by atoms with Crippen molar-refractivity contribution in [1.29, 1.82) is 0 Å². The second-order valence-electron chi connectivity index (χ2n) is 9.37. The summed E-state index contributed by atoms with van der Waals surface area (Å²) in [5.74, 6) is 2.82. The number of rotatable bonds is 9. The monoisotopic (exact) mass is 430 g/mol. The van der Waals surface area contributed by atoms with Crippen LogP contribution in [0.4, 0.5) is 5.95 Å². The second kappa shape index (κ2) is 10.5. The number of likely N-dealkylation sites (tertiary alicyclic amines) is 2. The largest absolute Gasteiger partial charge is 0.343 e. The molecule has 1 saturated carbocycles. The van der Waals surface area contributed by atoms with Gasteiger partial charge in [0.2, 0.25) is 17.8 Å². The molecule has 31 heavy (non-hydrogen) atoms. The summed E-state index contributed by atoms with van der Waals surface area (Å²) in [4.78, 5) is 31.3. The van der Waals surface area contributed by atoms with Crippen molar-refractivity contribution in [2.24, 2.45) is 5.92 Å². The lowest BCUT2D eigenvalue weighted by Crippen LogP contribution is -2.36. The van der Waals surface area contributed by atoms with Crippen LogP contribution >= 0.6 is 0 Å². The number of hydrogen-bond acceptors (Lipinski definition) is 5. The molecule has 0 radical (unpaired) electrons. The molecule has 0 unspecified atom stereocenters. The normalized spacial score (nSPS) is 20.1. The van der Waals surface area contributed by atoms with E-state index in [-0.39, 0.29) is 11.8 Å². The Balaban J connectivity index is 1.49. The fraction of sp³-hybridized carbons (Fsp3) is 0.826. The minimum absolute atomic E-state index is 0.193. The third kappa shape index (κ3) is 5.39. The Kier molecular flexibility index (Phi) is 7.45. The maximum atomic E-state index is 12.9. The SMILES string of the molecule is CCN(CC1CCC1)c1nnc(CN2CCCC2=O)n1CCC(=O)N1CCCCCC1. The summed E-state index contributed by atoms with van der Waals surface area (Å²) in [6.07, 6.45) is 10.6. The van der Waals surface area contributed by atoms with Crippen LogP contribution < -0.4 is 4.90 Å². The number of carbonyl (C=O) groups is 2. The van der Waals surface area contributed by atoms with Crippen molar-refractivity contribution in [3.63, 3.8) is 0 Å². The molecular formula is C23H38N6O2. The highest BCUT2D eigenvalue weighted by molar-refractivity contribution is 5.78. The van der Waals surface area contributed by atoms with E-state index in [9.17, 15) is 9.59 Å². The molecule has 0 aromatic carbocycles. The van der Waals surface area contributed by atoms with Crippen molar-refractivity contribution in [3.05, 3.63) is 5.82 Å². The summed E-state index contributed by atoms with van der Waals surface area (Å²) in [5, 5.41) is 9.04. The lowest BCUT2D eigenvalue weighted by molar-refractivity contribution is -0.131. The lowest BCUT2D eigenvalue weighted by atomic mass is 9.85. The first-order chi connectivity index (χ1) is 15.2. The topological polar surface area (TPSA) is 74.6 Å². The average molecular weight is 431 g/mol. The van der Waals surface area contributed by atoms with E-state index in [0.29, 0.717) is 25.9 Å². The molecule has 8 nitrogen and oxygen atoms in total. The molecule has 8 heteroatoms. The molecule has 3 aliphatic rings. The van der Waals surface area contributed by atoms with Gasteiger partial charge in [-0.2, -0.15) is 0 Å². The van der Waals surface area contributed by atoms with E-state index < -0.39 is 0 Å². The summed E-state index contributed by atoms with van der Waals surface area (Å²) in [7, 11) is 0. The van der Waals surface area contributed by atoms with Crippen LogP contribution in [0.1, 0.15) is 77.0 Å². The number of carbonyl (C=O) groups excluding carboxylic acids is 2. The number of aromatic nitrogens is 3. The van der Waals surface area contributed by atoms with Gasteiger partial charge in [0.25, 0.3) is 0 Å². The Labute approximate surface area is 186 Å². The number of amides is 2. The maximum Gasteiger partial charge on any atom is 0.227 e. The highest BCUT2D eigenvalue weighted by Gasteiger charge is 2.27. The minimum Gasteiger partial charge on any atom is -0.343 e. The summed E-state index contributed by atoms with van der Waals surface area (Å²) in [5.41, 5.74) is 0. The predicted octanol–water partition coefficient (Wildman–Crippen LogP) is 2.82. The fourth-order valence-corrected chi connectivity index (χ4v) is 4.97. The first-order valence-electron chi connectivity index (χ1n) is 12.4. The van der Waals surface area contributed by atoms with Crippen molar-refractivity contribution in [3.8, 4) is 0 Å². The number of hydrogen-bond donors (Lipinski definition) is 0. The molecule has 1 aliphatic carbocycles. The smallest absolute Gasteiger partial charge is 0.227 e. The molecule has 1 aromatic rings. The molecule has 0 spiro atoms. The molecule has 3 heterocycles. The quantitative estimate of drug-likeness (QED) is 0.602. The van der Waals surface area contributed by atoms with E-state index in [1.54, 1.807) is 0 Å². The van der Waals surface area contributed by atoms with Crippen LogP contribution in [0.3, 0.4) is 0 Å². The second-order valence-corrected chi connectivity index (χ2v) is 9.37. The van der Waals surface area contributed by atoms with Gasteiger partial charge in [-0.15, -0.1) is 10.2 Å². The first-order valence-corrected chi connectivity index (χ1v) is 12.4. The summed E-state index contributed by atoms with van der Waals surface area (Å²) < 4.78 is 2.11. The van der Waals surface area contributed by atoms with Crippen molar-refractivity contribution in [1.82, 2.24) is 24.6 Å². The van der Waals surface area contributed by atoms with Gasteiger partial charge < -0.3 is 14.7 Å². The van der Waals surface area contributed by atoms with Crippen LogP contribution in [0.15, 0.2) is 0 Å². The van der Waals surface area contributed by atoms with Crippen LogP contribution in [0.5, 0.6) is 0 Å². The maximum absolute atomic E-state index is 12.9. The van der Waals surface area contributed by atoms with Crippen LogP contribution in [0.25, 0.3) is 0 Å². The van der Waals surface area contributed by atoms with Crippen LogP contribution in [0.2, 0.25) is 0 Å². The van der Waals surface area contributed by atoms with Gasteiger partial charge in [-0.1, -0.05) is 19.3 Å². The van der Waals surface area contributed by atoms with Gasteiger partial charge in [-0.25, -0.2) is 0 Å². The molecule has 2 amide bonds. The predicted molar refractivity (Wildman–Crippen MR) is 120 cm³/mol. The van der Waals surface area contributed by atoms with Gasteiger partial charge in [-0.05, 0) is 44.9 Å². The van der Waals surface area contributed by atoms with Crippen LogP contribution in [-0.4, -0.2) is 69.1 Å². The first kappa shape index (κ1) is 22.1. The Morgan fingerprint density at radius 1 is 1.03 bits per heavy atom. The third-order valence-corrected chi connectivity index (χ3v) is 7.19. The van der Waals surface area contributed by atoms with Gasteiger partial charge in [-0.3, -0.25) is 14.2 Å². The van der Waals surface area contributed by atoms with Gasteiger partial charge in [0.15, 0.2) is 5.82 Å². The van der Waals surface area contributed by atoms with Gasteiger partial charge in [0, 0.05) is 52.1 Å². The van der Waals surface area contributed by atoms with E-state index in [0.717, 1.165) is 69.7 Å². The minimum atomic E-state index is 0.193. The Morgan fingerprint density at radius 3 is 2.42 bits per heavy atom. The molecule has 0 bridgehead atoms. The number of nitrogens with zero attached hydrogens (tertiary/aromatic N) is 6. The number of anilines is 1. The molecule has 2 saturated heterocycles. The molecule has 3 fully saturated rings. The van der Waals surface area contributed by atoms with Crippen molar-refractivity contribution < 1.29 is 9.59 Å². The molecule has 2 aliphatic heterocycles. The van der Waals surface area contributed by atoms with Crippen LogP contribution in [-0.2, 0) is 22.7 Å². The molecule has 4 rings (SSSR count). The Hall–Kier alpha value is -2.12. The summed E-state index contributed by atoms with van der Waals surface area (Å²) in [6, 6.07) is 0. The average Bonchev–Trinajstić information content (AvgIpc) is 3.20. The van der Waals surface area contributed by atoms with Crippen molar-refractivity contribution in [2.75, 3.05) is 37.6 Å². The van der Waals surface area contributed by atoms with E-state index in [1.165, 1.54) is 32.1 Å². The standard InChI is InChI=1S/C23H38N6O2/c1-2-26(17-19-9-7-10-19)23-25-24-20(18-28-15-8-11-21(28)30)29(23)16-12-22(31)27-13-5-3-4-6-14-27/h19H,2-18H2,1H3. The van der Waals surface area contributed by atoms with Crippen molar-refractivity contribution in [2.45, 2.75) is 84.2 Å². The molecule has 0 N–H and O–H groups in total. The van der Waals surface area contributed by atoms with E-state index in [1.807, 2.05) is 9.80 Å². The fourth-order valence-electron chi connectivity index (χ4n) is 4.97. The highest BCUT2D eigenvalue weighted by Crippen LogP contribution is 2.29. The van der Waals surface area contributed by atoms with Crippen molar-refractivity contribution >= 4 is 17.8 Å². The lowest BCUT2D eigenvalue weighted by Gasteiger charge is -2.32. The van der Waals surface area contributed by atoms with E-state index >= 15 is 0 Å². The molecular weight excluding hydrogens is 392 g/mol. The van der Waals surface area contributed by atoms with Gasteiger partial charge in [0.05, 0.1) is 6.54 Å².